The molecule has 1 saturated heterocycles. The van der Waals surface area contributed by atoms with E-state index in [1.165, 1.54) is 11.0 Å². The zero-order valence-electron chi connectivity index (χ0n) is 20.8. The molecule has 0 radical (unpaired) electrons. The fourth-order valence-corrected chi connectivity index (χ4v) is 5.17. The van der Waals surface area contributed by atoms with E-state index in [0.29, 0.717) is 11.1 Å². The highest BCUT2D eigenvalue weighted by Gasteiger charge is 2.52. The van der Waals surface area contributed by atoms with Crippen molar-refractivity contribution in [1.29, 1.82) is 5.26 Å². The molecule has 2 amide bonds. The van der Waals surface area contributed by atoms with Crippen LogP contribution in [0, 0.1) is 30.0 Å². The minimum Gasteiger partial charge on any atom is -0.444 e. The molecule has 2 bridgehead atoms. The fraction of sp³-hybridized carbons (Fsp3) is 0.538. The van der Waals surface area contributed by atoms with E-state index in [1.807, 2.05) is 14.0 Å². The van der Waals surface area contributed by atoms with Gasteiger partial charge in [-0.2, -0.15) is 10.4 Å². The number of likely N-dealkylation sites (tertiary alicyclic amines) is 1. The van der Waals surface area contributed by atoms with E-state index in [4.69, 9.17) is 4.74 Å². The van der Waals surface area contributed by atoms with Gasteiger partial charge in [0.25, 0.3) is 0 Å². The number of nitrogens with one attached hydrogen (secondary N) is 1. The number of aryl methyl sites for hydroxylation is 1. The number of fused-ring (bicyclic) bond motifs is 2. The number of nitriles is 1. The van der Waals surface area contributed by atoms with Crippen LogP contribution < -0.4 is 5.32 Å². The summed E-state index contributed by atoms with van der Waals surface area (Å²) in [5.74, 6) is -0.807. The summed E-state index contributed by atoms with van der Waals surface area (Å²) in [5, 5.41) is 16.6. The number of aromatic nitrogens is 2. The molecule has 0 unspecified atom stereocenters. The maximum Gasteiger partial charge on any atom is 0.411 e. The van der Waals surface area contributed by atoms with Crippen LogP contribution >= 0.6 is 0 Å². The first-order valence-electron chi connectivity index (χ1n) is 12.0. The Balaban J connectivity index is 1.46. The molecule has 9 heteroatoms. The number of ether oxygens (including phenoxy) is 1. The Hall–Kier alpha value is -3.41. The lowest BCUT2D eigenvalue weighted by Crippen LogP contribution is -2.55. The van der Waals surface area contributed by atoms with Crippen LogP contribution in [0.25, 0.3) is 11.1 Å². The number of hydrogen-bond acceptors (Lipinski definition) is 5. The number of carbonyl (C=O) groups is 2. The van der Waals surface area contributed by atoms with E-state index in [-0.39, 0.29) is 18.4 Å². The number of rotatable bonds is 5. The molecule has 1 saturated carbocycles. The first kappa shape index (κ1) is 24.7. The highest BCUT2D eigenvalue weighted by atomic mass is 19.1. The average Bonchev–Trinajstić information content (AvgIpc) is 3.48. The number of hydrogen-bond donors (Lipinski definition) is 1. The minimum absolute atomic E-state index is 0.0215. The van der Waals surface area contributed by atoms with Gasteiger partial charge in [-0.3, -0.25) is 14.4 Å². The van der Waals surface area contributed by atoms with Gasteiger partial charge in [0, 0.05) is 30.8 Å². The van der Waals surface area contributed by atoms with Crippen molar-refractivity contribution < 1.29 is 18.7 Å². The van der Waals surface area contributed by atoms with Crippen LogP contribution in [-0.4, -0.2) is 50.4 Å². The molecule has 2 aromatic rings. The molecule has 8 nitrogen and oxygen atoms in total. The van der Waals surface area contributed by atoms with Crippen LogP contribution in [0.15, 0.2) is 24.4 Å². The number of carbonyl (C=O) groups excluding carboxylic acids is 2. The Labute approximate surface area is 205 Å². The van der Waals surface area contributed by atoms with Crippen molar-refractivity contribution in [2.75, 3.05) is 0 Å². The predicted molar refractivity (Wildman–Crippen MR) is 128 cm³/mol. The summed E-state index contributed by atoms with van der Waals surface area (Å²) >= 11 is 0. The van der Waals surface area contributed by atoms with Crippen LogP contribution in [0.3, 0.4) is 0 Å². The van der Waals surface area contributed by atoms with Gasteiger partial charge in [-0.05, 0) is 70.1 Å². The van der Waals surface area contributed by atoms with Gasteiger partial charge in [0.1, 0.15) is 23.5 Å². The summed E-state index contributed by atoms with van der Waals surface area (Å²) in [4.78, 5) is 27.6. The average molecular weight is 482 g/mol. The molecule has 4 rings (SSSR count). The summed E-state index contributed by atoms with van der Waals surface area (Å²) in [6, 6.07) is 5.28. The fourth-order valence-electron chi connectivity index (χ4n) is 5.17. The van der Waals surface area contributed by atoms with E-state index in [2.05, 4.69) is 16.5 Å². The van der Waals surface area contributed by atoms with Crippen LogP contribution in [-0.2, 0) is 23.0 Å². The van der Waals surface area contributed by atoms with Crippen molar-refractivity contribution in [2.24, 2.45) is 13.0 Å². The van der Waals surface area contributed by atoms with Crippen molar-refractivity contribution in [1.82, 2.24) is 20.0 Å². The van der Waals surface area contributed by atoms with Crippen molar-refractivity contribution >= 4 is 12.0 Å². The lowest BCUT2D eigenvalue weighted by atomic mass is 9.97. The third-order valence-electron chi connectivity index (χ3n) is 6.95. The molecule has 35 heavy (non-hydrogen) atoms. The van der Waals surface area contributed by atoms with Crippen molar-refractivity contribution in [3.05, 3.63) is 41.5 Å². The van der Waals surface area contributed by atoms with Crippen molar-refractivity contribution in [2.45, 2.75) is 77.1 Å². The summed E-state index contributed by atoms with van der Waals surface area (Å²) in [6.45, 7) is 7.27. The topological polar surface area (TPSA) is 100 Å². The Morgan fingerprint density at radius 2 is 2.09 bits per heavy atom. The summed E-state index contributed by atoms with van der Waals surface area (Å²) < 4.78 is 22.2. The molecule has 2 fully saturated rings. The molecule has 2 heterocycles. The van der Waals surface area contributed by atoms with Gasteiger partial charge >= 0.3 is 6.09 Å². The Morgan fingerprint density at radius 3 is 2.69 bits per heavy atom. The smallest absolute Gasteiger partial charge is 0.411 e. The molecule has 2 aliphatic rings. The molecule has 1 aromatic carbocycles. The van der Waals surface area contributed by atoms with Crippen molar-refractivity contribution in [3.8, 4) is 17.2 Å². The maximum atomic E-state index is 14.9. The Bertz CT molecular complexity index is 1180. The van der Waals surface area contributed by atoms with Gasteiger partial charge in [-0.1, -0.05) is 12.1 Å². The summed E-state index contributed by atoms with van der Waals surface area (Å²) in [5.41, 5.74) is 2.11. The maximum absolute atomic E-state index is 14.9. The highest BCUT2D eigenvalue weighted by Crippen LogP contribution is 2.43. The number of nitrogens with zero attached hydrogens (tertiary/aromatic N) is 4. The summed E-state index contributed by atoms with van der Waals surface area (Å²) in [6.07, 6.45) is 3.64. The Morgan fingerprint density at radius 1 is 1.34 bits per heavy atom. The number of piperidine rings is 1. The number of benzene rings is 1. The number of halogens is 1. The zero-order chi connectivity index (χ0) is 25.5. The van der Waals surface area contributed by atoms with E-state index in [1.54, 1.807) is 43.8 Å². The monoisotopic (exact) mass is 481 g/mol. The molecule has 1 aliphatic carbocycles. The lowest BCUT2D eigenvalue weighted by Gasteiger charge is -2.35. The van der Waals surface area contributed by atoms with Crippen LogP contribution in [0.1, 0.15) is 51.3 Å². The van der Waals surface area contributed by atoms with Gasteiger partial charge in [0.15, 0.2) is 0 Å². The molecule has 4 atom stereocenters. The van der Waals surface area contributed by atoms with Gasteiger partial charge in [-0.25, -0.2) is 9.18 Å². The van der Waals surface area contributed by atoms with Crippen molar-refractivity contribution in [3.63, 3.8) is 0 Å². The molecule has 1 aliphatic heterocycles. The molecule has 0 spiro atoms. The van der Waals surface area contributed by atoms with E-state index in [9.17, 15) is 19.2 Å². The highest BCUT2D eigenvalue weighted by molar-refractivity contribution is 5.87. The van der Waals surface area contributed by atoms with Crippen LogP contribution in [0.5, 0.6) is 0 Å². The first-order valence-corrected chi connectivity index (χ1v) is 12.0. The van der Waals surface area contributed by atoms with E-state index in [0.717, 1.165) is 30.5 Å². The first-order chi connectivity index (χ1) is 16.5. The lowest BCUT2D eigenvalue weighted by molar-refractivity contribution is -0.128. The van der Waals surface area contributed by atoms with Gasteiger partial charge in [-0.15, -0.1) is 0 Å². The quantitative estimate of drug-likeness (QED) is 0.699. The second-order valence-electron chi connectivity index (χ2n) is 10.5. The molecule has 1 aromatic heterocycles. The molecular formula is C26H32FN5O3. The standard InChI is InChI=1S/C26H32FN5O3/c1-15-21(14-29-31(15)5)16-6-7-17(22(27)12-16)10-19(13-28)30-24(33)23-18-8-9-20(11-18)32(23)25(34)35-26(2,3)4/h6-7,12,14,18-20,23H,8-11H2,1-5H3,(H,30,33)/t18-,19-,20+,23-/m0/s1. The van der Waals surface area contributed by atoms with Gasteiger partial charge in [0.05, 0.1) is 12.3 Å². The predicted octanol–water partition coefficient (Wildman–Crippen LogP) is 3.87. The van der Waals surface area contributed by atoms with Crippen LogP contribution in [0.2, 0.25) is 0 Å². The molecule has 186 valence electrons. The summed E-state index contributed by atoms with van der Waals surface area (Å²) in [7, 11) is 1.82. The third-order valence-corrected chi connectivity index (χ3v) is 6.95. The largest absolute Gasteiger partial charge is 0.444 e. The van der Waals surface area contributed by atoms with E-state index >= 15 is 0 Å². The zero-order valence-corrected chi connectivity index (χ0v) is 20.8. The second kappa shape index (κ2) is 9.33. The normalized spacial score (nSPS) is 22.1. The van der Waals surface area contributed by atoms with Gasteiger partial charge < -0.3 is 10.1 Å². The third kappa shape index (κ3) is 5.02. The van der Waals surface area contributed by atoms with E-state index < -0.39 is 35.5 Å². The molecular weight excluding hydrogens is 449 g/mol. The minimum atomic E-state index is -0.928. The Kier molecular flexibility index (Phi) is 6.58. The molecule has 1 N–H and O–H groups in total. The SMILES string of the molecule is Cc1c(-c2ccc(C[C@@H](C#N)NC(=O)[C@@H]3[C@H]4CC[C@H](C4)N3C(=O)OC(C)(C)C)c(F)c2)cnn1C. The second-order valence-corrected chi connectivity index (χ2v) is 10.5. The number of amides is 2. The van der Waals surface area contributed by atoms with Gasteiger partial charge in [0.2, 0.25) is 5.91 Å². The van der Waals surface area contributed by atoms with Crippen LogP contribution in [0.4, 0.5) is 9.18 Å².